The first-order valence-corrected chi connectivity index (χ1v) is 6.71. The van der Waals surface area contributed by atoms with Crippen molar-refractivity contribution in [1.82, 2.24) is 0 Å². The molecule has 2 aromatic carbocycles. The number of anilines is 1. The zero-order valence-electron chi connectivity index (χ0n) is 11.0. The van der Waals surface area contributed by atoms with Crippen LogP contribution >= 0.6 is 15.9 Å². The molecule has 0 saturated heterocycles. The van der Waals surface area contributed by atoms with Crippen LogP contribution in [0, 0.1) is 12.7 Å². The van der Waals surface area contributed by atoms with Crippen LogP contribution in [0.25, 0.3) is 0 Å². The maximum Gasteiger partial charge on any atom is 0.256 e. The third-order valence-electron chi connectivity index (χ3n) is 2.78. The van der Waals surface area contributed by atoms with Crippen molar-refractivity contribution in [1.29, 1.82) is 0 Å². The summed E-state index contributed by atoms with van der Waals surface area (Å²) in [5.41, 5.74) is 1.85. The second-order valence-electron chi connectivity index (χ2n) is 4.29. The quantitative estimate of drug-likeness (QED) is 0.913. The molecule has 3 nitrogen and oxygen atoms in total. The van der Waals surface area contributed by atoms with Gasteiger partial charge in [0.1, 0.15) is 0 Å². The number of amides is 1. The Morgan fingerprint density at radius 2 is 2.00 bits per heavy atom. The molecule has 5 heteroatoms. The summed E-state index contributed by atoms with van der Waals surface area (Å²) in [6.07, 6.45) is 0. The number of nitrogens with one attached hydrogen (secondary N) is 1. The van der Waals surface area contributed by atoms with E-state index in [1.54, 1.807) is 18.2 Å². The van der Waals surface area contributed by atoms with E-state index in [9.17, 15) is 9.18 Å². The van der Waals surface area contributed by atoms with Gasteiger partial charge in [-0.15, -0.1) is 0 Å². The Kier molecular flexibility index (Phi) is 4.39. The predicted molar refractivity (Wildman–Crippen MR) is 79.8 cm³/mol. The van der Waals surface area contributed by atoms with Gasteiger partial charge in [-0.05, 0) is 47.1 Å². The highest BCUT2D eigenvalue weighted by Crippen LogP contribution is 2.23. The zero-order valence-corrected chi connectivity index (χ0v) is 12.6. The van der Waals surface area contributed by atoms with Crippen molar-refractivity contribution >= 4 is 27.5 Å². The van der Waals surface area contributed by atoms with Crippen molar-refractivity contribution in [3.05, 3.63) is 57.8 Å². The number of hydrogen-bond acceptors (Lipinski definition) is 2. The average molecular weight is 338 g/mol. The van der Waals surface area contributed by atoms with Crippen molar-refractivity contribution in [3.8, 4) is 5.75 Å². The number of methoxy groups -OCH3 is 1. The Morgan fingerprint density at radius 1 is 1.25 bits per heavy atom. The van der Waals surface area contributed by atoms with Gasteiger partial charge in [0.05, 0.1) is 12.7 Å². The Hall–Kier alpha value is -1.88. The van der Waals surface area contributed by atoms with Crippen molar-refractivity contribution in [2.75, 3.05) is 12.4 Å². The molecule has 0 bridgehead atoms. The summed E-state index contributed by atoms with van der Waals surface area (Å²) in [6, 6.07) is 9.74. The smallest absolute Gasteiger partial charge is 0.256 e. The van der Waals surface area contributed by atoms with E-state index in [0.717, 1.165) is 5.56 Å². The van der Waals surface area contributed by atoms with Crippen LogP contribution in [-0.2, 0) is 0 Å². The molecule has 1 N–H and O–H groups in total. The third kappa shape index (κ3) is 3.17. The first-order chi connectivity index (χ1) is 9.51. The van der Waals surface area contributed by atoms with E-state index in [2.05, 4.69) is 21.2 Å². The lowest BCUT2D eigenvalue weighted by Crippen LogP contribution is -2.13. The molecular weight excluding hydrogens is 325 g/mol. The molecule has 104 valence electrons. The summed E-state index contributed by atoms with van der Waals surface area (Å²) in [5, 5.41) is 2.65. The van der Waals surface area contributed by atoms with Crippen LogP contribution in [0.5, 0.6) is 5.75 Å². The number of carbonyl (C=O) groups is 1. The van der Waals surface area contributed by atoms with Gasteiger partial charge in [-0.2, -0.15) is 0 Å². The Morgan fingerprint density at radius 3 is 2.65 bits per heavy atom. The fourth-order valence-electron chi connectivity index (χ4n) is 1.76. The predicted octanol–water partition coefficient (Wildman–Crippen LogP) is 4.16. The van der Waals surface area contributed by atoms with Crippen LogP contribution in [-0.4, -0.2) is 13.0 Å². The lowest BCUT2D eigenvalue weighted by Gasteiger charge is -2.09. The molecule has 0 saturated carbocycles. The average Bonchev–Trinajstić information content (AvgIpc) is 2.41. The van der Waals surface area contributed by atoms with E-state index in [4.69, 9.17) is 4.74 Å². The van der Waals surface area contributed by atoms with Gasteiger partial charge in [0, 0.05) is 16.2 Å². The lowest BCUT2D eigenvalue weighted by atomic mass is 10.1. The highest BCUT2D eigenvalue weighted by molar-refractivity contribution is 9.10. The van der Waals surface area contributed by atoms with Crippen LogP contribution in [0.2, 0.25) is 0 Å². The third-order valence-corrected chi connectivity index (χ3v) is 3.47. The molecule has 0 aliphatic rings. The van der Waals surface area contributed by atoms with Gasteiger partial charge >= 0.3 is 0 Å². The van der Waals surface area contributed by atoms with E-state index in [-0.39, 0.29) is 11.7 Å². The minimum absolute atomic E-state index is 0.139. The topological polar surface area (TPSA) is 38.3 Å². The monoisotopic (exact) mass is 337 g/mol. The van der Waals surface area contributed by atoms with E-state index in [0.29, 0.717) is 15.7 Å². The maximum atomic E-state index is 13.6. The molecule has 2 aromatic rings. The lowest BCUT2D eigenvalue weighted by molar-refractivity contribution is 0.102. The SMILES string of the molecule is COc1ccc(NC(=O)c2cc(C)ccc2Br)cc1F. The van der Waals surface area contributed by atoms with Crippen molar-refractivity contribution in [2.45, 2.75) is 6.92 Å². The van der Waals surface area contributed by atoms with Crippen LogP contribution in [0.3, 0.4) is 0 Å². The Labute approximate surface area is 124 Å². The molecule has 1 amide bonds. The molecule has 0 heterocycles. The van der Waals surface area contributed by atoms with E-state index < -0.39 is 5.82 Å². The molecule has 0 aromatic heterocycles. The first kappa shape index (κ1) is 14.5. The van der Waals surface area contributed by atoms with Gasteiger partial charge < -0.3 is 10.1 Å². The summed E-state index contributed by atoms with van der Waals surface area (Å²) in [7, 11) is 1.39. The second kappa shape index (κ2) is 6.05. The summed E-state index contributed by atoms with van der Waals surface area (Å²) < 4.78 is 19.1. The second-order valence-corrected chi connectivity index (χ2v) is 5.14. The molecule has 0 spiro atoms. The van der Waals surface area contributed by atoms with Crippen molar-refractivity contribution < 1.29 is 13.9 Å². The fourth-order valence-corrected chi connectivity index (χ4v) is 2.18. The molecule has 20 heavy (non-hydrogen) atoms. The number of ether oxygens (including phenoxy) is 1. The first-order valence-electron chi connectivity index (χ1n) is 5.92. The fraction of sp³-hybridized carbons (Fsp3) is 0.133. The van der Waals surface area contributed by atoms with Crippen molar-refractivity contribution in [2.24, 2.45) is 0 Å². The Bertz CT molecular complexity index is 658. The number of rotatable bonds is 3. The largest absolute Gasteiger partial charge is 0.494 e. The van der Waals surface area contributed by atoms with E-state index >= 15 is 0 Å². The van der Waals surface area contributed by atoms with Crippen molar-refractivity contribution in [3.63, 3.8) is 0 Å². The van der Waals surface area contributed by atoms with E-state index in [1.165, 1.54) is 19.2 Å². The van der Waals surface area contributed by atoms with Crippen LogP contribution in [0.4, 0.5) is 10.1 Å². The number of halogens is 2. The van der Waals surface area contributed by atoms with Crippen LogP contribution in [0.1, 0.15) is 15.9 Å². The minimum atomic E-state index is -0.520. The summed E-state index contributed by atoms with van der Waals surface area (Å²) in [5.74, 6) is -0.682. The van der Waals surface area contributed by atoms with Crippen LogP contribution in [0.15, 0.2) is 40.9 Å². The molecule has 0 aliphatic carbocycles. The Balaban J connectivity index is 2.23. The highest BCUT2D eigenvalue weighted by atomic mass is 79.9. The van der Waals surface area contributed by atoms with Gasteiger partial charge in [0.25, 0.3) is 5.91 Å². The molecular formula is C15H13BrFNO2. The minimum Gasteiger partial charge on any atom is -0.494 e. The number of benzene rings is 2. The van der Waals surface area contributed by atoms with Crippen LogP contribution < -0.4 is 10.1 Å². The summed E-state index contributed by atoms with van der Waals surface area (Å²) >= 11 is 3.33. The number of carbonyl (C=O) groups excluding carboxylic acids is 1. The normalized spacial score (nSPS) is 10.2. The number of aryl methyl sites for hydroxylation is 1. The standard InChI is InChI=1S/C15H13BrFNO2/c1-9-3-5-12(16)11(7-9)15(19)18-10-4-6-14(20-2)13(17)8-10/h3-8H,1-2H3,(H,18,19). The molecule has 0 unspecified atom stereocenters. The molecule has 0 atom stereocenters. The highest BCUT2D eigenvalue weighted by Gasteiger charge is 2.12. The maximum absolute atomic E-state index is 13.6. The van der Waals surface area contributed by atoms with Gasteiger partial charge in [-0.1, -0.05) is 11.6 Å². The molecule has 0 radical (unpaired) electrons. The summed E-state index contributed by atoms with van der Waals surface area (Å²) in [6.45, 7) is 1.90. The molecule has 2 rings (SSSR count). The van der Waals surface area contributed by atoms with E-state index in [1.807, 2.05) is 13.0 Å². The number of hydrogen-bond donors (Lipinski definition) is 1. The zero-order chi connectivity index (χ0) is 14.7. The van der Waals surface area contributed by atoms with Gasteiger partial charge in [0.2, 0.25) is 0 Å². The summed E-state index contributed by atoms with van der Waals surface area (Å²) in [4.78, 5) is 12.2. The van der Waals surface area contributed by atoms with Gasteiger partial charge in [-0.3, -0.25) is 4.79 Å². The molecule has 0 fully saturated rings. The van der Waals surface area contributed by atoms with Gasteiger partial charge in [-0.25, -0.2) is 4.39 Å². The molecule has 0 aliphatic heterocycles. The van der Waals surface area contributed by atoms with Gasteiger partial charge in [0.15, 0.2) is 11.6 Å².